The highest BCUT2D eigenvalue weighted by atomic mass is 19.1. The highest BCUT2D eigenvalue weighted by Gasteiger charge is 2.21. The maximum Gasteiger partial charge on any atom is 0.251 e. The molecule has 1 aromatic rings. The summed E-state index contributed by atoms with van der Waals surface area (Å²) in [6, 6.07) is 6.19. The van der Waals surface area contributed by atoms with Gasteiger partial charge in [0, 0.05) is 12.1 Å². The first-order valence-corrected chi connectivity index (χ1v) is 5.54. The summed E-state index contributed by atoms with van der Waals surface area (Å²) in [5.41, 5.74) is 2.69. The largest absolute Gasteiger partial charge is 0.293 e. The number of rotatable bonds is 5. The van der Waals surface area contributed by atoms with Gasteiger partial charge < -0.3 is 0 Å². The van der Waals surface area contributed by atoms with Gasteiger partial charge in [0.2, 0.25) is 0 Å². The lowest BCUT2D eigenvalue weighted by atomic mass is 10.1. The molecule has 1 amide bonds. The smallest absolute Gasteiger partial charge is 0.251 e. The molecule has 0 saturated carbocycles. The number of carbonyl (C=O) groups excluding carboxylic acids is 1. The average Bonchev–Trinajstić information content (AvgIpc) is 2.32. The lowest BCUT2D eigenvalue weighted by Gasteiger charge is -2.25. The van der Waals surface area contributed by atoms with Crippen molar-refractivity contribution in [3.63, 3.8) is 0 Å². The lowest BCUT2D eigenvalue weighted by Crippen LogP contribution is -2.47. The van der Waals surface area contributed by atoms with E-state index in [0.29, 0.717) is 18.5 Å². The summed E-state index contributed by atoms with van der Waals surface area (Å²) in [5, 5.41) is 0. The van der Waals surface area contributed by atoms with E-state index in [1.54, 1.807) is 30.1 Å². The zero-order valence-corrected chi connectivity index (χ0v) is 10.1. The summed E-state index contributed by atoms with van der Waals surface area (Å²) in [5.74, 6) is 4.59. The number of benzene rings is 1. The molecule has 94 valence electrons. The Morgan fingerprint density at radius 1 is 1.53 bits per heavy atom. The molecular weight excluding hydrogens is 221 g/mol. The zero-order chi connectivity index (χ0) is 12.8. The molecule has 17 heavy (non-hydrogen) atoms. The van der Waals surface area contributed by atoms with Gasteiger partial charge >= 0.3 is 0 Å². The summed E-state index contributed by atoms with van der Waals surface area (Å²) in [7, 11) is 1.77. The van der Waals surface area contributed by atoms with Crippen molar-refractivity contribution in [3.8, 4) is 0 Å². The first-order valence-electron chi connectivity index (χ1n) is 5.54. The molecule has 0 aromatic heterocycles. The molecule has 1 aromatic carbocycles. The van der Waals surface area contributed by atoms with Gasteiger partial charge in [0.05, 0.1) is 6.04 Å². The van der Waals surface area contributed by atoms with Crippen LogP contribution in [0.1, 0.15) is 18.9 Å². The Hall–Kier alpha value is -1.46. The maximum absolute atomic E-state index is 13.4. The molecule has 0 fully saturated rings. The molecule has 5 heteroatoms. The Labute approximate surface area is 101 Å². The fraction of sp³-hybridized carbons (Fsp3) is 0.417. The lowest BCUT2D eigenvalue weighted by molar-refractivity contribution is -0.126. The molecule has 0 radical (unpaired) electrons. The second kappa shape index (κ2) is 6.32. The van der Waals surface area contributed by atoms with Crippen LogP contribution in [-0.2, 0) is 11.3 Å². The van der Waals surface area contributed by atoms with Gasteiger partial charge in [0.15, 0.2) is 0 Å². The van der Waals surface area contributed by atoms with Crippen molar-refractivity contribution in [3.05, 3.63) is 35.6 Å². The third-order valence-electron chi connectivity index (χ3n) is 2.74. The van der Waals surface area contributed by atoms with Crippen LogP contribution in [0.5, 0.6) is 0 Å². The minimum absolute atomic E-state index is 0.258. The Morgan fingerprint density at radius 3 is 2.71 bits per heavy atom. The first kappa shape index (κ1) is 13.6. The number of nitrogens with one attached hydrogen (secondary N) is 1. The molecule has 0 aliphatic rings. The molecule has 1 unspecified atom stereocenters. The van der Waals surface area contributed by atoms with Crippen LogP contribution in [0.15, 0.2) is 24.3 Å². The molecule has 0 bridgehead atoms. The summed E-state index contributed by atoms with van der Waals surface area (Å²) in [4.78, 5) is 13.3. The van der Waals surface area contributed by atoms with Crippen molar-refractivity contribution < 1.29 is 9.18 Å². The molecule has 0 aliphatic carbocycles. The number of amides is 1. The maximum atomic E-state index is 13.4. The van der Waals surface area contributed by atoms with Crippen LogP contribution in [-0.4, -0.2) is 23.9 Å². The molecule has 1 atom stereocenters. The Balaban J connectivity index is 2.74. The highest BCUT2D eigenvalue weighted by molar-refractivity contribution is 5.80. The van der Waals surface area contributed by atoms with Gasteiger partial charge in [-0.2, -0.15) is 0 Å². The van der Waals surface area contributed by atoms with E-state index in [1.807, 2.05) is 6.92 Å². The van der Waals surface area contributed by atoms with Gasteiger partial charge in [-0.15, -0.1) is 0 Å². The summed E-state index contributed by atoms with van der Waals surface area (Å²) in [6.07, 6.45) is 0.619. The average molecular weight is 239 g/mol. The van der Waals surface area contributed by atoms with E-state index < -0.39 is 0 Å². The van der Waals surface area contributed by atoms with E-state index in [0.717, 1.165) is 0 Å². The van der Waals surface area contributed by atoms with E-state index in [-0.39, 0.29) is 17.8 Å². The predicted molar refractivity (Wildman–Crippen MR) is 64.3 cm³/mol. The molecule has 0 saturated heterocycles. The summed E-state index contributed by atoms with van der Waals surface area (Å²) in [6.45, 7) is 2.26. The van der Waals surface area contributed by atoms with Crippen LogP contribution >= 0.6 is 0 Å². The second-order valence-corrected chi connectivity index (χ2v) is 3.94. The fourth-order valence-corrected chi connectivity index (χ4v) is 1.80. The minimum Gasteiger partial charge on any atom is -0.293 e. The Kier molecular flexibility index (Phi) is 5.06. The van der Waals surface area contributed by atoms with E-state index >= 15 is 0 Å². The van der Waals surface area contributed by atoms with Crippen LogP contribution in [0.2, 0.25) is 0 Å². The second-order valence-electron chi connectivity index (χ2n) is 3.94. The topological polar surface area (TPSA) is 58.4 Å². The highest BCUT2D eigenvalue weighted by Crippen LogP contribution is 2.12. The van der Waals surface area contributed by atoms with E-state index in [1.165, 1.54) is 6.07 Å². The van der Waals surface area contributed by atoms with Gasteiger partial charge in [-0.05, 0) is 19.5 Å². The van der Waals surface area contributed by atoms with Crippen molar-refractivity contribution in [2.45, 2.75) is 25.9 Å². The quantitative estimate of drug-likeness (QED) is 0.458. The fourth-order valence-electron chi connectivity index (χ4n) is 1.80. The Morgan fingerprint density at radius 2 is 2.18 bits per heavy atom. The van der Waals surface area contributed by atoms with Crippen molar-refractivity contribution in [1.82, 2.24) is 10.3 Å². The van der Waals surface area contributed by atoms with Gasteiger partial charge in [-0.3, -0.25) is 15.1 Å². The van der Waals surface area contributed by atoms with Crippen molar-refractivity contribution in [2.75, 3.05) is 7.05 Å². The normalized spacial score (nSPS) is 12.5. The number of hydrogen-bond acceptors (Lipinski definition) is 3. The van der Waals surface area contributed by atoms with E-state index in [9.17, 15) is 9.18 Å². The Bertz CT molecular complexity index is 384. The van der Waals surface area contributed by atoms with Gasteiger partial charge in [-0.25, -0.2) is 10.2 Å². The molecule has 0 heterocycles. The van der Waals surface area contributed by atoms with Crippen molar-refractivity contribution in [2.24, 2.45) is 5.84 Å². The van der Waals surface area contributed by atoms with Crippen molar-refractivity contribution >= 4 is 5.91 Å². The number of halogens is 1. The summed E-state index contributed by atoms with van der Waals surface area (Å²) >= 11 is 0. The van der Waals surface area contributed by atoms with Gasteiger partial charge in [0.1, 0.15) is 5.82 Å². The predicted octanol–water partition coefficient (Wildman–Crippen LogP) is 1.03. The first-order chi connectivity index (χ1) is 8.10. The van der Waals surface area contributed by atoms with E-state index in [4.69, 9.17) is 5.84 Å². The summed E-state index contributed by atoms with van der Waals surface area (Å²) < 4.78 is 13.4. The SMILES string of the molecule is CCC(C(=O)NN)N(C)Cc1ccccc1F. The zero-order valence-electron chi connectivity index (χ0n) is 10.1. The number of carbonyl (C=O) groups is 1. The number of nitrogens with zero attached hydrogens (tertiary/aromatic N) is 1. The number of hydrogen-bond donors (Lipinski definition) is 2. The molecule has 0 aliphatic heterocycles. The third kappa shape index (κ3) is 3.51. The standard InChI is InChI=1S/C12H18FN3O/c1-3-11(12(17)15-14)16(2)8-9-6-4-5-7-10(9)13/h4-7,11H,3,8,14H2,1-2H3,(H,15,17). The third-order valence-corrected chi connectivity index (χ3v) is 2.74. The number of likely N-dealkylation sites (N-methyl/N-ethyl adjacent to an activating group) is 1. The minimum atomic E-state index is -0.348. The van der Waals surface area contributed by atoms with Gasteiger partial charge in [0.25, 0.3) is 5.91 Å². The van der Waals surface area contributed by atoms with Gasteiger partial charge in [-0.1, -0.05) is 25.1 Å². The number of hydrazine groups is 1. The van der Waals surface area contributed by atoms with Crippen molar-refractivity contribution in [1.29, 1.82) is 0 Å². The monoisotopic (exact) mass is 239 g/mol. The number of nitrogens with two attached hydrogens (primary N) is 1. The molecule has 0 spiro atoms. The molecular formula is C12H18FN3O. The van der Waals surface area contributed by atoms with Crippen LogP contribution in [0.4, 0.5) is 4.39 Å². The van der Waals surface area contributed by atoms with Crippen LogP contribution < -0.4 is 11.3 Å². The van der Waals surface area contributed by atoms with Crippen LogP contribution in [0, 0.1) is 5.82 Å². The molecule has 4 nitrogen and oxygen atoms in total. The molecule has 1 rings (SSSR count). The van der Waals surface area contributed by atoms with Crippen LogP contribution in [0.25, 0.3) is 0 Å². The molecule has 3 N–H and O–H groups in total. The van der Waals surface area contributed by atoms with Crippen LogP contribution in [0.3, 0.4) is 0 Å². The van der Waals surface area contributed by atoms with E-state index in [2.05, 4.69) is 5.43 Å².